The quantitative estimate of drug-likeness (QED) is 0.843. The molecule has 4 nitrogen and oxygen atoms in total. The maximum absolute atomic E-state index is 5.87. The highest BCUT2D eigenvalue weighted by molar-refractivity contribution is 6.28. The summed E-state index contributed by atoms with van der Waals surface area (Å²) in [5.41, 5.74) is 1.10. The Morgan fingerprint density at radius 3 is 2.84 bits per heavy atom. The van der Waals surface area contributed by atoms with Crippen LogP contribution >= 0.6 is 11.6 Å². The fourth-order valence-corrected chi connectivity index (χ4v) is 2.19. The van der Waals surface area contributed by atoms with Gasteiger partial charge in [0.2, 0.25) is 0 Å². The van der Waals surface area contributed by atoms with Crippen LogP contribution in [0.4, 0.5) is 0 Å². The van der Waals surface area contributed by atoms with Gasteiger partial charge in [-0.25, -0.2) is 0 Å². The number of hydrogen-bond acceptors (Lipinski definition) is 3. The topological polar surface area (TPSA) is 43.0 Å². The first-order chi connectivity index (χ1) is 9.24. The van der Waals surface area contributed by atoms with Crippen LogP contribution < -0.4 is 5.32 Å². The van der Waals surface area contributed by atoms with E-state index in [0.717, 1.165) is 37.3 Å². The van der Waals surface area contributed by atoms with E-state index in [2.05, 4.69) is 30.5 Å². The lowest BCUT2D eigenvalue weighted by molar-refractivity contribution is 0.447. The van der Waals surface area contributed by atoms with Crippen LogP contribution in [0.5, 0.6) is 0 Å². The summed E-state index contributed by atoms with van der Waals surface area (Å²) in [6.07, 6.45) is 6.08. The molecule has 1 N–H and O–H groups in total. The van der Waals surface area contributed by atoms with Crippen molar-refractivity contribution >= 4 is 11.6 Å². The van der Waals surface area contributed by atoms with Gasteiger partial charge >= 0.3 is 0 Å². The lowest BCUT2D eigenvalue weighted by Gasteiger charge is -2.14. The van der Waals surface area contributed by atoms with Gasteiger partial charge in [-0.15, -0.1) is 0 Å². The van der Waals surface area contributed by atoms with Crippen molar-refractivity contribution in [3.8, 4) is 0 Å². The third-order valence-corrected chi connectivity index (χ3v) is 3.12. The Morgan fingerprint density at radius 1 is 1.37 bits per heavy atom. The van der Waals surface area contributed by atoms with Crippen LogP contribution in [0, 0.1) is 0 Å². The van der Waals surface area contributed by atoms with Gasteiger partial charge in [0.15, 0.2) is 5.22 Å². The van der Waals surface area contributed by atoms with E-state index >= 15 is 0 Å². The van der Waals surface area contributed by atoms with E-state index in [4.69, 9.17) is 16.0 Å². The zero-order valence-corrected chi connectivity index (χ0v) is 12.2. The van der Waals surface area contributed by atoms with E-state index in [0.29, 0.717) is 5.22 Å². The lowest BCUT2D eigenvalue weighted by Crippen LogP contribution is -2.22. The van der Waals surface area contributed by atoms with Gasteiger partial charge in [0.1, 0.15) is 5.76 Å². The van der Waals surface area contributed by atoms with Gasteiger partial charge in [-0.05, 0) is 43.1 Å². The first kappa shape index (κ1) is 14.2. The van der Waals surface area contributed by atoms with Crippen molar-refractivity contribution in [2.75, 3.05) is 6.54 Å². The molecule has 0 spiro atoms. The van der Waals surface area contributed by atoms with Crippen molar-refractivity contribution in [2.45, 2.75) is 39.3 Å². The minimum absolute atomic E-state index is 0.0121. The molecule has 0 radical (unpaired) electrons. The highest BCUT2D eigenvalue weighted by Crippen LogP contribution is 2.25. The molecule has 2 rings (SSSR count). The number of nitrogens with zero attached hydrogens (tertiary/aromatic N) is 2. The average Bonchev–Trinajstić information content (AvgIpc) is 3.01. The molecule has 1 unspecified atom stereocenters. The summed E-state index contributed by atoms with van der Waals surface area (Å²) < 4.78 is 7.49. The molecule has 0 aliphatic carbocycles. The largest absolute Gasteiger partial charge is 0.448 e. The molecule has 0 saturated heterocycles. The van der Waals surface area contributed by atoms with E-state index in [1.807, 2.05) is 16.9 Å². The van der Waals surface area contributed by atoms with Gasteiger partial charge in [0.05, 0.1) is 12.2 Å². The molecule has 0 fully saturated rings. The Kier molecular flexibility index (Phi) is 5.05. The number of aryl methyl sites for hydroxylation is 1. The first-order valence-corrected chi connectivity index (χ1v) is 7.13. The summed E-state index contributed by atoms with van der Waals surface area (Å²) in [4.78, 5) is 0. The molecule has 1 atom stereocenters. The molecule has 2 aromatic rings. The van der Waals surface area contributed by atoms with Crippen LogP contribution in [0.3, 0.4) is 0 Å². The number of hydrogen-bond donors (Lipinski definition) is 1. The molecule has 0 aromatic carbocycles. The zero-order chi connectivity index (χ0) is 13.7. The van der Waals surface area contributed by atoms with Gasteiger partial charge in [0.25, 0.3) is 0 Å². The summed E-state index contributed by atoms with van der Waals surface area (Å²) in [7, 11) is 0. The number of rotatable bonds is 7. The molecule has 19 heavy (non-hydrogen) atoms. The van der Waals surface area contributed by atoms with Crippen LogP contribution in [0.1, 0.15) is 44.1 Å². The summed E-state index contributed by atoms with van der Waals surface area (Å²) in [6, 6.07) is 3.69. The molecule has 104 valence electrons. The van der Waals surface area contributed by atoms with Crippen molar-refractivity contribution in [1.82, 2.24) is 15.1 Å². The molecule has 0 aliphatic rings. The molecule has 0 bridgehead atoms. The van der Waals surface area contributed by atoms with Crippen molar-refractivity contribution in [3.63, 3.8) is 0 Å². The van der Waals surface area contributed by atoms with Crippen LogP contribution in [0.15, 0.2) is 28.9 Å². The maximum Gasteiger partial charge on any atom is 0.193 e. The summed E-state index contributed by atoms with van der Waals surface area (Å²) in [5, 5.41) is 8.25. The normalized spacial score (nSPS) is 12.8. The lowest BCUT2D eigenvalue weighted by atomic mass is 10.1. The smallest absolute Gasteiger partial charge is 0.193 e. The van der Waals surface area contributed by atoms with Gasteiger partial charge in [0, 0.05) is 18.3 Å². The van der Waals surface area contributed by atoms with E-state index in [1.54, 1.807) is 6.07 Å². The Morgan fingerprint density at radius 2 is 2.21 bits per heavy atom. The Balaban J connectivity index is 2.20. The molecular formula is C14H20ClN3O. The van der Waals surface area contributed by atoms with Crippen molar-refractivity contribution in [2.24, 2.45) is 0 Å². The fraction of sp³-hybridized carbons (Fsp3) is 0.500. The van der Waals surface area contributed by atoms with Gasteiger partial charge in [-0.1, -0.05) is 13.8 Å². The van der Waals surface area contributed by atoms with E-state index in [9.17, 15) is 0 Å². The Bertz CT molecular complexity index is 506. The summed E-state index contributed by atoms with van der Waals surface area (Å²) in [5.74, 6) is 0.828. The molecule has 0 aliphatic heterocycles. The predicted octanol–water partition coefficient (Wildman–Crippen LogP) is 3.63. The summed E-state index contributed by atoms with van der Waals surface area (Å²) in [6.45, 7) is 6.13. The highest BCUT2D eigenvalue weighted by Gasteiger charge is 2.18. The van der Waals surface area contributed by atoms with Crippen LogP contribution in [-0.4, -0.2) is 16.3 Å². The molecular weight excluding hydrogens is 262 g/mol. The van der Waals surface area contributed by atoms with Gasteiger partial charge in [-0.3, -0.25) is 4.68 Å². The second-order valence-corrected chi connectivity index (χ2v) is 4.94. The standard InChI is InChI=1S/C14H20ClN3O/c1-3-7-16-14(12-5-6-13(15)19-12)11-9-17-18(10-11)8-4-2/h5-6,9-10,14,16H,3-4,7-8H2,1-2H3. The van der Waals surface area contributed by atoms with Gasteiger partial charge in [-0.2, -0.15) is 5.10 Å². The van der Waals surface area contributed by atoms with Crippen LogP contribution in [0.25, 0.3) is 0 Å². The molecule has 0 amide bonds. The SMILES string of the molecule is CCCNC(c1cnn(CCC)c1)c1ccc(Cl)o1. The number of aromatic nitrogens is 2. The number of furan rings is 1. The monoisotopic (exact) mass is 281 g/mol. The zero-order valence-electron chi connectivity index (χ0n) is 11.4. The van der Waals surface area contributed by atoms with Crippen LogP contribution in [0.2, 0.25) is 5.22 Å². The molecule has 2 heterocycles. The van der Waals surface area contributed by atoms with Crippen molar-refractivity contribution in [3.05, 3.63) is 41.1 Å². The minimum atomic E-state index is 0.0121. The fourth-order valence-electron chi connectivity index (χ4n) is 2.03. The second kappa shape index (κ2) is 6.78. The molecule has 5 heteroatoms. The first-order valence-electron chi connectivity index (χ1n) is 6.75. The Hall–Kier alpha value is -1.26. The predicted molar refractivity (Wildman–Crippen MR) is 76.4 cm³/mol. The van der Waals surface area contributed by atoms with E-state index in [-0.39, 0.29) is 6.04 Å². The van der Waals surface area contributed by atoms with Crippen LogP contribution in [-0.2, 0) is 6.54 Å². The number of nitrogens with one attached hydrogen (secondary N) is 1. The highest BCUT2D eigenvalue weighted by atomic mass is 35.5. The molecule has 2 aromatic heterocycles. The Labute approximate surface area is 118 Å². The van der Waals surface area contributed by atoms with Crippen molar-refractivity contribution in [1.29, 1.82) is 0 Å². The average molecular weight is 282 g/mol. The minimum Gasteiger partial charge on any atom is -0.448 e. The number of halogens is 1. The second-order valence-electron chi connectivity index (χ2n) is 4.57. The van der Waals surface area contributed by atoms with E-state index < -0.39 is 0 Å². The maximum atomic E-state index is 5.87. The van der Waals surface area contributed by atoms with Gasteiger partial charge < -0.3 is 9.73 Å². The van der Waals surface area contributed by atoms with E-state index in [1.165, 1.54) is 0 Å². The van der Waals surface area contributed by atoms with Crippen molar-refractivity contribution < 1.29 is 4.42 Å². The third kappa shape index (κ3) is 3.61. The summed E-state index contributed by atoms with van der Waals surface area (Å²) >= 11 is 5.87. The third-order valence-electron chi connectivity index (χ3n) is 2.92. The molecule has 0 saturated carbocycles.